The van der Waals surface area contributed by atoms with E-state index in [9.17, 15) is 28.8 Å². The summed E-state index contributed by atoms with van der Waals surface area (Å²) >= 11 is 0. The van der Waals surface area contributed by atoms with Crippen molar-refractivity contribution in [2.24, 2.45) is 4.99 Å². The van der Waals surface area contributed by atoms with Crippen molar-refractivity contribution in [3.63, 3.8) is 0 Å². The van der Waals surface area contributed by atoms with Crippen LogP contribution in [0.1, 0.15) is 89.4 Å². The lowest BCUT2D eigenvalue weighted by Crippen LogP contribution is -2.50. The van der Waals surface area contributed by atoms with Gasteiger partial charge in [-0.2, -0.15) is 0 Å². The molecule has 17 heteroatoms. The number of ether oxygens (including phenoxy) is 4. The fourth-order valence-corrected chi connectivity index (χ4v) is 9.36. The maximum absolute atomic E-state index is 14.1. The Morgan fingerprint density at radius 1 is 0.767 bits per heavy atom. The van der Waals surface area contributed by atoms with E-state index in [2.05, 4.69) is 38.3 Å². The molecule has 4 atom stereocenters. The minimum Gasteiger partial charge on any atom is -0.493 e. The van der Waals surface area contributed by atoms with Crippen molar-refractivity contribution in [1.29, 1.82) is 0 Å². The van der Waals surface area contributed by atoms with Crippen molar-refractivity contribution >= 4 is 70.3 Å². The minimum atomic E-state index is -1.01. The highest BCUT2D eigenvalue weighted by Gasteiger charge is 2.38. The summed E-state index contributed by atoms with van der Waals surface area (Å²) in [7, 11) is 5.00. The number of rotatable bonds is 21. The van der Waals surface area contributed by atoms with E-state index in [0.29, 0.717) is 88.1 Å². The topological polar surface area (TPSA) is 206 Å². The van der Waals surface area contributed by atoms with Crippen LogP contribution >= 0.6 is 0 Å². The van der Waals surface area contributed by atoms with Crippen LogP contribution in [0.3, 0.4) is 0 Å². The predicted octanol–water partition coefficient (Wildman–Crippen LogP) is 7.53. The number of aliphatic imine (C=N–C) groups is 1. The molecule has 0 aliphatic carbocycles. The van der Waals surface area contributed by atoms with Gasteiger partial charge in [-0.1, -0.05) is 36.4 Å². The van der Waals surface area contributed by atoms with Gasteiger partial charge in [0.25, 0.3) is 5.91 Å². The van der Waals surface area contributed by atoms with E-state index >= 15 is 0 Å². The average molecular weight is 992 g/mol. The summed E-state index contributed by atoms with van der Waals surface area (Å²) in [6.07, 6.45) is 5.68. The summed E-state index contributed by atoms with van der Waals surface area (Å²) in [4.78, 5) is 85.8. The third kappa shape index (κ3) is 11.9. The number of nitrogens with zero attached hydrogens (tertiary/aromatic N) is 3. The first-order chi connectivity index (χ1) is 35.2. The summed E-state index contributed by atoms with van der Waals surface area (Å²) in [5.41, 5.74) is 7.74. The normalized spacial score (nSPS) is 16.2. The average Bonchev–Trinajstić information content (AvgIpc) is 3.88. The maximum Gasteiger partial charge on any atom is 0.260 e. The second-order valence-electron chi connectivity index (χ2n) is 18.6. The number of anilines is 4. The second-order valence-corrected chi connectivity index (χ2v) is 18.6. The fraction of sp³-hybridized carbons (Fsp3) is 0.339. The van der Waals surface area contributed by atoms with E-state index in [-0.39, 0.29) is 49.3 Å². The van der Waals surface area contributed by atoms with Gasteiger partial charge in [0.15, 0.2) is 29.3 Å². The van der Waals surface area contributed by atoms with Crippen molar-refractivity contribution < 1.29 is 47.7 Å². The molecule has 0 aromatic heterocycles. The number of para-hydroxylation sites is 2. The summed E-state index contributed by atoms with van der Waals surface area (Å²) in [6, 6.07) is 26.1. The number of carbonyl (C=O) groups is 6. The van der Waals surface area contributed by atoms with Crippen molar-refractivity contribution in [3.8, 4) is 23.0 Å². The lowest BCUT2D eigenvalue weighted by molar-refractivity contribution is -0.130. The van der Waals surface area contributed by atoms with E-state index < -0.39 is 23.9 Å². The number of hydrogen-bond donors (Lipinski definition) is 4. The highest BCUT2D eigenvalue weighted by molar-refractivity contribution is 6.12. The number of Topliss-reactive ketones (excluding diaryl/α,β-unsaturated/α-hetero) is 1. The van der Waals surface area contributed by atoms with Gasteiger partial charge in [0, 0.05) is 67.4 Å². The van der Waals surface area contributed by atoms with Gasteiger partial charge in [-0.25, -0.2) is 0 Å². The molecule has 3 heterocycles. The fourth-order valence-electron chi connectivity index (χ4n) is 9.36. The van der Waals surface area contributed by atoms with E-state index in [1.807, 2.05) is 60.6 Å². The third-order valence-corrected chi connectivity index (χ3v) is 13.3. The third-order valence-electron chi connectivity index (χ3n) is 13.3. The zero-order chi connectivity index (χ0) is 51.8. The Labute approximate surface area is 424 Å². The maximum atomic E-state index is 14.1. The van der Waals surface area contributed by atoms with Gasteiger partial charge in [-0.15, -0.1) is 0 Å². The highest BCUT2D eigenvalue weighted by Crippen LogP contribution is 2.41. The molecule has 3 aliphatic heterocycles. The molecule has 0 bridgehead atoms. The largest absolute Gasteiger partial charge is 0.493 e. The first-order valence-electron chi connectivity index (χ1n) is 24.4. The molecule has 5 aromatic rings. The van der Waals surface area contributed by atoms with Gasteiger partial charge >= 0.3 is 0 Å². The zero-order valence-corrected chi connectivity index (χ0v) is 41.9. The molecular formula is C56H61N7O10. The Morgan fingerprint density at radius 3 is 2.07 bits per heavy atom. The molecule has 0 radical (unpaired) electrons. The summed E-state index contributed by atoms with van der Waals surface area (Å²) in [6.45, 7) is 5.07. The van der Waals surface area contributed by atoms with Crippen LogP contribution in [0.5, 0.6) is 23.0 Å². The molecule has 2 unspecified atom stereocenters. The van der Waals surface area contributed by atoms with Gasteiger partial charge in [0.05, 0.1) is 43.2 Å². The van der Waals surface area contributed by atoms with Crippen molar-refractivity contribution in [1.82, 2.24) is 10.6 Å². The number of nitrogens with one attached hydrogen (secondary N) is 4. The van der Waals surface area contributed by atoms with Crippen LogP contribution in [0.15, 0.2) is 96.0 Å². The molecule has 5 aromatic carbocycles. The van der Waals surface area contributed by atoms with Crippen LogP contribution in [0.2, 0.25) is 0 Å². The number of methoxy groups -OCH3 is 2. The lowest BCUT2D eigenvalue weighted by Gasteiger charge is -2.22. The van der Waals surface area contributed by atoms with Gasteiger partial charge in [0.1, 0.15) is 31.1 Å². The van der Waals surface area contributed by atoms with Gasteiger partial charge < -0.3 is 54.8 Å². The predicted molar refractivity (Wildman–Crippen MR) is 279 cm³/mol. The Balaban J connectivity index is 1.01. The molecule has 73 heavy (non-hydrogen) atoms. The molecule has 0 saturated carbocycles. The first kappa shape index (κ1) is 51.2. The molecule has 0 spiro atoms. The highest BCUT2D eigenvalue weighted by atomic mass is 16.5. The van der Waals surface area contributed by atoms with Crippen LogP contribution in [0.4, 0.5) is 28.4 Å². The van der Waals surface area contributed by atoms with Gasteiger partial charge in [0.2, 0.25) is 17.7 Å². The summed E-state index contributed by atoms with van der Waals surface area (Å²) < 4.78 is 24.3. The Morgan fingerprint density at radius 2 is 1.40 bits per heavy atom. The summed E-state index contributed by atoms with van der Waals surface area (Å²) in [5, 5.41) is 11.7. The lowest BCUT2D eigenvalue weighted by atomic mass is 10.1. The number of aldehydes is 1. The number of unbranched alkanes of at least 4 members (excludes halogenated alkanes) is 1. The molecule has 380 valence electrons. The van der Waals surface area contributed by atoms with Crippen LogP contribution in [-0.4, -0.2) is 93.9 Å². The number of ketones is 1. The van der Waals surface area contributed by atoms with E-state index in [1.54, 1.807) is 36.4 Å². The Hall–Kier alpha value is -8.21. The first-order valence-corrected chi connectivity index (χ1v) is 24.4. The molecule has 17 nitrogen and oxygen atoms in total. The quantitative estimate of drug-likeness (QED) is 0.0320. The monoisotopic (exact) mass is 991 g/mol. The van der Waals surface area contributed by atoms with E-state index in [0.717, 1.165) is 36.1 Å². The Bertz CT molecular complexity index is 2960. The number of hydrogen-bond acceptors (Lipinski definition) is 13. The van der Waals surface area contributed by atoms with Crippen LogP contribution < -0.4 is 50.0 Å². The zero-order valence-electron chi connectivity index (χ0n) is 41.9. The van der Waals surface area contributed by atoms with Crippen LogP contribution in [-0.2, 0) is 45.2 Å². The Kier molecular flexibility index (Phi) is 16.0. The van der Waals surface area contributed by atoms with E-state index in [4.69, 9.17) is 23.9 Å². The van der Waals surface area contributed by atoms with Crippen molar-refractivity contribution in [3.05, 3.63) is 124 Å². The smallest absolute Gasteiger partial charge is 0.260 e. The van der Waals surface area contributed by atoms with Gasteiger partial charge in [-0.05, 0) is 111 Å². The number of likely N-dealkylation sites (N-methyl/N-ethyl adjacent to an activating group) is 1. The molecule has 8 rings (SSSR count). The second kappa shape index (κ2) is 22.9. The van der Waals surface area contributed by atoms with Crippen LogP contribution in [0.25, 0.3) is 0 Å². The number of amides is 4. The number of carbonyl (C=O) groups excluding carboxylic acids is 6. The number of fused-ring (bicyclic) bond motifs is 5. The SMILES string of the molecule is COc1cc(C=O)c(N=CC2Cc3ccccc3N2C)cc1OCc1cc(COc2cc3c(cc2OC)C(=O)N2c4ccccc4C[C@H]2CN3)cc(NC(=O)C(C)NC(=O)[C@H](C)NC(=O)CCCCC(C)=O)c1. The molecule has 4 N–H and O–H groups in total. The van der Waals surface area contributed by atoms with Crippen molar-refractivity contribution in [2.45, 2.75) is 96.7 Å². The minimum absolute atomic E-state index is 0.00409. The van der Waals surface area contributed by atoms with Crippen LogP contribution in [0, 0.1) is 0 Å². The summed E-state index contributed by atoms with van der Waals surface area (Å²) in [5.74, 6) is -0.133. The molecular weight excluding hydrogens is 931 g/mol. The van der Waals surface area contributed by atoms with Crippen molar-refractivity contribution in [2.75, 3.05) is 48.2 Å². The molecule has 0 saturated heterocycles. The van der Waals surface area contributed by atoms with E-state index in [1.165, 1.54) is 40.6 Å². The molecule has 0 fully saturated rings. The molecule has 4 amide bonds. The number of benzene rings is 5. The van der Waals surface area contributed by atoms with Gasteiger partial charge in [-0.3, -0.25) is 29.0 Å². The molecule has 3 aliphatic rings. The standard InChI is InChI=1S/C56H61N7O10/c1-33(65)13-7-12-18-53(66)59-34(2)54(67)60-35(3)55(68)61-41-20-36(31-72-51-26-45(40(30-64)24-49(51)70-5)57-28-42-22-38-14-8-10-16-47(38)62(42)4)19-37(21-41)32-73-52-27-46-44(25-50(52)71-6)56(69)63-43(29-58-46)23-39-15-9-11-17-48(39)63/h8-11,14-17,19-21,24-28,30,34-35,42-43,58H,7,12-13,18,22-23,29,31-32H2,1-6H3,(H,59,66)(H,60,67)(H,61,68)/t34-,35?,42?,43-/m0/s1.